The van der Waals surface area contributed by atoms with Gasteiger partial charge in [0.25, 0.3) is 0 Å². The van der Waals surface area contributed by atoms with E-state index >= 15 is 0 Å². The van der Waals surface area contributed by atoms with E-state index in [4.69, 9.17) is 14.2 Å². The summed E-state index contributed by atoms with van der Waals surface area (Å²) in [6.07, 6.45) is 0. The van der Waals surface area contributed by atoms with Gasteiger partial charge >= 0.3 is 0 Å². The molecule has 0 spiro atoms. The molecule has 2 rings (SSSR count). The van der Waals surface area contributed by atoms with Crippen molar-refractivity contribution in [2.45, 2.75) is 0 Å². The number of aromatic carboxylic acids is 1. The molecule has 2 aromatic rings. The molecule has 0 heterocycles. The van der Waals surface area contributed by atoms with Crippen LogP contribution in [0, 0.1) is 0 Å². The van der Waals surface area contributed by atoms with Crippen LogP contribution in [0.5, 0.6) is 17.2 Å². The lowest BCUT2D eigenvalue weighted by molar-refractivity contribution is -0.255. The number of carboxylic acids is 1. The van der Waals surface area contributed by atoms with Gasteiger partial charge in [-0.05, 0) is 18.2 Å². The molecule has 5 heteroatoms. The van der Waals surface area contributed by atoms with Gasteiger partial charge < -0.3 is 24.1 Å². The molecule has 21 heavy (non-hydrogen) atoms. The van der Waals surface area contributed by atoms with Gasteiger partial charge in [0.2, 0.25) is 0 Å². The van der Waals surface area contributed by atoms with Crippen molar-refractivity contribution in [1.29, 1.82) is 0 Å². The molecule has 0 radical (unpaired) electrons. The summed E-state index contributed by atoms with van der Waals surface area (Å²) in [5.74, 6) is 0.149. The van der Waals surface area contributed by atoms with Gasteiger partial charge in [-0.3, -0.25) is 0 Å². The molecule has 0 amide bonds. The number of benzene rings is 2. The number of rotatable bonds is 5. The lowest BCUT2D eigenvalue weighted by atomic mass is 10.00. The van der Waals surface area contributed by atoms with Gasteiger partial charge in [0.05, 0.1) is 27.3 Å². The molecule has 0 aliphatic carbocycles. The molecule has 0 unspecified atom stereocenters. The Morgan fingerprint density at radius 2 is 1.71 bits per heavy atom. The van der Waals surface area contributed by atoms with Crippen LogP contribution in [0.1, 0.15) is 10.4 Å². The number of carbonyl (C=O) groups excluding carboxylic acids is 1. The standard InChI is InChI=1S/C16H16O5/c1-19-10-7-8-11(14(9-10)20-2)12-5-4-6-13(16(17)18)15(12)21-3/h4-9H,1-3H3,(H,17,18)/p-1. The van der Waals surface area contributed by atoms with Crippen LogP contribution in [0.15, 0.2) is 36.4 Å². The number of para-hydroxylation sites is 1. The third-order valence-corrected chi connectivity index (χ3v) is 3.14. The van der Waals surface area contributed by atoms with Crippen LogP contribution >= 0.6 is 0 Å². The zero-order valence-corrected chi connectivity index (χ0v) is 12.0. The van der Waals surface area contributed by atoms with E-state index in [1.165, 1.54) is 20.3 Å². The van der Waals surface area contributed by atoms with Crippen molar-refractivity contribution >= 4 is 5.97 Å². The Hall–Kier alpha value is -2.69. The van der Waals surface area contributed by atoms with Crippen LogP contribution in [0.4, 0.5) is 0 Å². The van der Waals surface area contributed by atoms with Gasteiger partial charge in [0.1, 0.15) is 17.2 Å². The lowest BCUT2D eigenvalue weighted by Crippen LogP contribution is -2.23. The van der Waals surface area contributed by atoms with E-state index in [1.54, 1.807) is 37.4 Å². The number of ether oxygens (including phenoxy) is 3. The average Bonchev–Trinajstić information content (AvgIpc) is 2.53. The molecule has 0 aliphatic rings. The van der Waals surface area contributed by atoms with Gasteiger partial charge in [-0.25, -0.2) is 0 Å². The first-order valence-electron chi connectivity index (χ1n) is 6.23. The minimum absolute atomic E-state index is 0.00660. The fraction of sp³-hybridized carbons (Fsp3) is 0.188. The number of hydrogen-bond donors (Lipinski definition) is 0. The Bertz CT molecular complexity index is 664. The van der Waals surface area contributed by atoms with Crippen molar-refractivity contribution < 1.29 is 24.1 Å². The maximum atomic E-state index is 11.2. The van der Waals surface area contributed by atoms with E-state index in [1.807, 2.05) is 0 Å². The Kier molecular flexibility index (Phi) is 4.33. The van der Waals surface area contributed by atoms with Crippen molar-refractivity contribution in [3.63, 3.8) is 0 Å². The molecule has 0 saturated carbocycles. The topological polar surface area (TPSA) is 67.8 Å². The first kappa shape index (κ1) is 14.7. The van der Waals surface area contributed by atoms with Crippen LogP contribution in [0.3, 0.4) is 0 Å². The Morgan fingerprint density at radius 3 is 2.29 bits per heavy atom. The largest absolute Gasteiger partial charge is 0.545 e. The summed E-state index contributed by atoms with van der Waals surface area (Å²) < 4.78 is 15.7. The SMILES string of the molecule is COc1ccc(-c2cccc(C(=O)[O-])c2OC)c(OC)c1. The van der Waals surface area contributed by atoms with E-state index < -0.39 is 5.97 Å². The van der Waals surface area contributed by atoms with Crippen molar-refractivity contribution in [2.75, 3.05) is 21.3 Å². The number of carbonyl (C=O) groups is 1. The third-order valence-electron chi connectivity index (χ3n) is 3.14. The van der Waals surface area contributed by atoms with Gasteiger partial charge in [-0.1, -0.05) is 12.1 Å². The Labute approximate surface area is 122 Å². The second-order valence-corrected chi connectivity index (χ2v) is 4.24. The molecule has 0 aromatic heterocycles. The quantitative estimate of drug-likeness (QED) is 0.838. The summed E-state index contributed by atoms with van der Waals surface area (Å²) in [5, 5.41) is 11.2. The molecule has 2 aromatic carbocycles. The maximum absolute atomic E-state index is 11.2. The molecule has 0 bridgehead atoms. The fourth-order valence-electron chi connectivity index (χ4n) is 2.15. The molecule has 0 saturated heterocycles. The van der Waals surface area contributed by atoms with Crippen LogP contribution in [-0.4, -0.2) is 27.3 Å². The van der Waals surface area contributed by atoms with Crippen molar-refractivity contribution in [3.8, 4) is 28.4 Å². The van der Waals surface area contributed by atoms with E-state index in [2.05, 4.69) is 0 Å². The van der Waals surface area contributed by atoms with E-state index in [0.29, 0.717) is 22.6 Å². The summed E-state index contributed by atoms with van der Waals surface area (Å²) in [5.41, 5.74) is 1.31. The van der Waals surface area contributed by atoms with Crippen LogP contribution in [-0.2, 0) is 0 Å². The molecule has 0 N–H and O–H groups in total. The first-order chi connectivity index (χ1) is 10.1. The second kappa shape index (κ2) is 6.17. The van der Waals surface area contributed by atoms with Crippen LogP contribution < -0.4 is 19.3 Å². The Morgan fingerprint density at radius 1 is 0.952 bits per heavy atom. The number of methoxy groups -OCH3 is 3. The predicted octanol–water partition coefficient (Wildman–Crippen LogP) is 1.74. The second-order valence-electron chi connectivity index (χ2n) is 4.24. The summed E-state index contributed by atoms with van der Waals surface area (Å²) in [6.45, 7) is 0. The zero-order valence-electron chi connectivity index (χ0n) is 12.0. The highest BCUT2D eigenvalue weighted by Gasteiger charge is 2.15. The highest BCUT2D eigenvalue weighted by molar-refractivity contribution is 5.93. The van der Waals surface area contributed by atoms with Crippen molar-refractivity contribution in [2.24, 2.45) is 0 Å². The van der Waals surface area contributed by atoms with Gasteiger partial charge in [0.15, 0.2) is 0 Å². The zero-order chi connectivity index (χ0) is 15.4. The first-order valence-corrected chi connectivity index (χ1v) is 6.23. The van der Waals surface area contributed by atoms with E-state index in [9.17, 15) is 9.90 Å². The maximum Gasteiger partial charge on any atom is 0.135 e. The molecule has 5 nitrogen and oxygen atoms in total. The number of hydrogen-bond acceptors (Lipinski definition) is 5. The fourth-order valence-corrected chi connectivity index (χ4v) is 2.15. The average molecular weight is 287 g/mol. The summed E-state index contributed by atoms with van der Waals surface area (Å²) in [6, 6.07) is 10.1. The monoisotopic (exact) mass is 287 g/mol. The molecule has 110 valence electrons. The molecule has 0 atom stereocenters. The molecular formula is C16H15O5-. The molecular weight excluding hydrogens is 272 g/mol. The van der Waals surface area contributed by atoms with E-state index in [0.717, 1.165) is 0 Å². The summed E-state index contributed by atoms with van der Waals surface area (Å²) in [4.78, 5) is 11.2. The highest BCUT2D eigenvalue weighted by Crippen LogP contribution is 2.39. The van der Waals surface area contributed by atoms with Crippen molar-refractivity contribution in [1.82, 2.24) is 0 Å². The summed E-state index contributed by atoms with van der Waals surface area (Å²) in [7, 11) is 4.51. The minimum Gasteiger partial charge on any atom is -0.545 e. The highest BCUT2D eigenvalue weighted by atomic mass is 16.5. The summed E-state index contributed by atoms with van der Waals surface area (Å²) >= 11 is 0. The lowest BCUT2D eigenvalue weighted by Gasteiger charge is -2.16. The Balaban J connectivity index is 2.67. The molecule has 0 fully saturated rings. The van der Waals surface area contributed by atoms with Gasteiger partial charge in [-0.2, -0.15) is 0 Å². The minimum atomic E-state index is -1.29. The number of carboxylic acid groups (broad SMARTS) is 1. The van der Waals surface area contributed by atoms with Gasteiger partial charge in [0, 0.05) is 22.8 Å². The molecule has 0 aliphatic heterocycles. The van der Waals surface area contributed by atoms with Crippen LogP contribution in [0.25, 0.3) is 11.1 Å². The van der Waals surface area contributed by atoms with Crippen molar-refractivity contribution in [3.05, 3.63) is 42.0 Å². The normalized spacial score (nSPS) is 10.0. The predicted molar refractivity (Wildman–Crippen MR) is 75.9 cm³/mol. The third kappa shape index (κ3) is 2.76. The van der Waals surface area contributed by atoms with E-state index in [-0.39, 0.29) is 11.3 Å². The van der Waals surface area contributed by atoms with Gasteiger partial charge in [-0.15, -0.1) is 0 Å². The van der Waals surface area contributed by atoms with Crippen LogP contribution in [0.2, 0.25) is 0 Å². The smallest absolute Gasteiger partial charge is 0.135 e.